The van der Waals surface area contributed by atoms with Crippen molar-refractivity contribution in [2.75, 3.05) is 0 Å². The van der Waals surface area contributed by atoms with Crippen LogP contribution in [0.4, 0.5) is 0 Å². The van der Waals surface area contributed by atoms with Gasteiger partial charge in [-0.05, 0) is 34.2 Å². The van der Waals surface area contributed by atoms with Crippen LogP contribution in [0.2, 0.25) is 0 Å². The van der Waals surface area contributed by atoms with E-state index in [4.69, 9.17) is 5.11 Å². The van der Waals surface area contributed by atoms with Crippen LogP contribution >= 0.6 is 38.5 Å². The van der Waals surface area contributed by atoms with Crippen molar-refractivity contribution in [1.82, 2.24) is 9.97 Å². The second kappa shape index (κ2) is 4.09. The molecule has 0 fully saturated rings. The number of carboxylic acids is 1. The van der Waals surface area contributed by atoms with Crippen molar-refractivity contribution in [3.63, 3.8) is 0 Å². The first-order valence-electron chi connectivity index (χ1n) is 4.10. The molecule has 0 amide bonds. The number of aromatic amines is 1. The number of imidazole rings is 1. The van der Waals surface area contributed by atoms with Gasteiger partial charge in [0.1, 0.15) is 5.52 Å². The first kappa shape index (κ1) is 10.9. The Morgan fingerprint density at radius 3 is 2.93 bits per heavy atom. The predicted molar refractivity (Wildman–Crippen MR) is 68.4 cm³/mol. The molecular formula is C9H6BrIN2O2. The maximum atomic E-state index is 10.7. The Balaban J connectivity index is 2.71. The number of hydrogen-bond acceptors (Lipinski definition) is 2. The molecule has 0 bridgehead atoms. The Kier molecular flexibility index (Phi) is 2.96. The van der Waals surface area contributed by atoms with Crippen molar-refractivity contribution >= 4 is 55.5 Å². The van der Waals surface area contributed by atoms with Gasteiger partial charge in [-0.2, -0.15) is 0 Å². The summed E-state index contributed by atoms with van der Waals surface area (Å²) >= 11 is 5.54. The predicted octanol–water partition coefficient (Wildman–Crippen LogP) is 2.76. The summed E-state index contributed by atoms with van der Waals surface area (Å²) in [6.07, 6.45) is 0. The molecule has 0 aliphatic heterocycles. The van der Waals surface area contributed by atoms with Gasteiger partial charge in [0.05, 0.1) is 5.52 Å². The Morgan fingerprint density at radius 2 is 2.33 bits per heavy atom. The number of halogens is 2. The van der Waals surface area contributed by atoms with Gasteiger partial charge < -0.3 is 10.1 Å². The molecule has 0 atom stereocenters. The molecule has 4 nitrogen and oxygen atoms in total. The molecule has 1 aromatic heterocycles. The van der Waals surface area contributed by atoms with Gasteiger partial charge in [0.2, 0.25) is 5.82 Å². The number of alkyl halides is 1. The van der Waals surface area contributed by atoms with Gasteiger partial charge in [0, 0.05) is 8.90 Å². The normalized spacial score (nSPS) is 10.8. The molecule has 0 spiro atoms. The van der Waals surface area contributed by atoms with Crippen molar-refractivity contribution in [3.05, 3.63) is 27.1 Å². The summed E-state index contributed by atoms with van der Waals surface area (Å²) in [6, 6.07) is 3.79. The van der Waals surface area contributed by atoms with Crippen molar-refractivity contribution in [1.29, 1.82) is 0 Å². The zero-order chi connectivity index (χ0) is 11.0. The third kappa shape index (κ3) is 1.87. The quantitative estimate of drug-likeness (QED) is 0.621. The monoisotopic (exact) mass is 380 g/mol. The van der Waals surface area contributed by atoms with E-state index in [0.717, 1.165) is 20.0 Å². The summed E-state index contributed by atoms with van der Waals surface area (Å²) in [5, 5.41) is 9.53. The molecule has 0 unspecified atom stereocenters. The topological polar surface area (TPSA) is 66.0 Å². The highest BCUT2D eigenvalue weighted by atomic mass is 127. The van der Waals surface area contributed by atoms with Gasteiger partial charge in [0.15, 0.2) is 0 Å². The van der Waals surface area contributed by atoms with E-state index in [1.54, 1.807) is 0 Å². The average Bonchev–Trinajstić information content (AvgIpc) is 2.63. The van der Waals surface area contributed by atoms with Crippen LogP contribution in [0.1, 0.15) is 16.2 Å². The van der Waals surface area contributed by atoms with Crippen LogP contribution < -0.4 is 0 Å². The van der Waals surface area contributed by atoms with Crippen molar-refractivity contribution in [2.45, 2.75) is 5.33 Å². The Hall–Kier alpha value is -0.630. The molecule has 78 valence electrons. The minimum absolute atomic E-state index is 0.0189. The molecule has 1 aromatic carbocycles. The molecular weight excluding hydrogens is 375 g/mol. The first-order valence-corrected chi connectivity index (χ1v) is 6.30. The van der Waals surface area contributed by atoms with E-state index in [0.29, 0.717) is 5.52 Å². The number of hydrogen-bond donors (Lipinski definition) is 2. The van der Waals surface area contributed by atoms with Gasteiger partial charge in [-0.3, -0.25) is 0 Å². The van der Waals surface area contributed by atoms with Gasteiger partial charge >= 0.3 is 5.97 Å². The summed E-state index contributed by atoms with van der Waals surface area (Å²) in [5.74, 6) is -1.06. The van der Waals surface area contributed by atoms with E-state index >= 15 is 0 Å². The largest absolute Gasteiger partial charge is 0.475 e. The van der Waals surface area contributed by atoms with E-state index in [1.807, 2.05) is 12.1 Å². The molecule has 1 heterocycles. The summed E-state index contributed by atoms with van der Waals surface area (Å²) in [5.41, 5.74) is 2.57. The van der Waals surface area contributed by atoms with Gasteiger partial charge in [-0.15, -0.1) is 0 Å². The number of aromatic carboxylic acids is 1. The van der Waals surface area contributed by atoms with E-state index in [9.17, 15) is 4.79 Å². The summed E-state index contributed by atoms with van der Waals surface area (Å²) in [4.78, 5) is 17.5. The molecule has 2 rings (SSSR count). The van der Waals surface area contributed by atoms with E-state index in [2.05, 4.69) is 48.5 Å². The van der Waals surface area contributed by atoms with Crippen LogP contribution in [0.25, 0.3) is 11.0 Å². The lowest BCUT2D eigenvalue weighted by Gasteiger charge is -1.99. The lowest BCUT2D eigenvalue weighted by atomic mass is 10.2. The Morgan fingerprint density at radius 1 is 1.60 bits per heavy atom. The smallest absolute Gasteiger partial charge is 0.371 e. The third-order valence-electron chi connectivity index (χ3n) is 2.02. The number of carbonyl (C=O) groups is 1. The van der Waals surface area contributed by atoms with Crippen molar-refractivity contribution < 1.29 is 9.90 Å². The first-order chi connectivity index (χ1) is 7.13. The second-order valence-corrected chi connectivity index (χ2v) is 4.60. The van der Waals surface area contributed by atoms with Crippen LogP contribution in [0.5, 0.6) is 0 Å². The standard InChI is InChI=1S/C9H6BrIN2O2/c10-3-4-1-2-5-7(6(4)11)13-8(12-5)9(14)15/h1-2H,3H2,(H,12,13)(H,14,15). The number of benzene rings is 1. The van der Waals surface area contributed by atoms with Crippen molar-refractivity contribution in [3.8, 4) is 0 Å². The Labute approximate surface area is 107 Å². The third-order valence-corrected chi connectivity index (χ3v) is 3.83. The van der Waals surface area contributed by atoms with Gasteiger partial charge in [0.25, 0.3) is 0 Å². The Bertz CT molecular complexity index is 538. The minimum Gasteiger partial charge on any atom is -0.475 e. The molecule has 2 N–H and O–H groups in total. The maximum Gasteiger partial charge on any atom is 0.371 e. The number of carboxylic acid groups (broad SMARTS) is 1. The highest BCUT2D eigenvalue weighted by molar-refractivity contribution is 14.1. The second-order valence-electron chi connectivity index (χ2n) is 2.96. The molecule has 0 aliphatic rings. The molecule has 2 aromatic rings. The fourth-order valence-corrected chi connectivity index (χ4v) is 3.06. The minimum atomic E-state index is -1.04. The van der Waals surface area contributed by atoms with Crippen LogP contribution in [0.3, 0.4) is 0 Å². The maximum absolute atomic E-state index is 10.7. The molecule has 0 aliphatic carbocycles. The number of aromatic nitrogens is 2. The molecule has 0 saturated carbocycles. The lowest BCUT2D eigenvalue weighted by molar-refractivity contribution is 0.0685. The van der Waals surface area contributed by atoms with Crippen LogP contribution in [-0.2, 0) is 5.33 Å². The van der Waals surface area contributed by atoms with Gasteiger partial charge in [-0.25, -0.2) is 9.78 Å². The van der Waals surface area contributed by atoms with E-state index in [-0.39, 0.29) is 5.82 Å². The molecule has 0 saturated heterocycles. The van der Waals surface area contributed by atoms with Crippen LogP contribution in [0.15, 0.2) is 12.1 Å². The SMILES string of the molecule is O=C(O)c1nc2c(I)c(CBr)ccc2[nH]1. The summed E-state index contributed by atoms with van der Waals surface area (Å²) in [7, 11) is 0. The molecule has 0 radical (unpaired) electrons. The van der Waals surface area contributed by atoms with Crippen LogP contribution in [0, 0.1) is 3.57 Å². The number of fused-ring (bicyclic) bond motifs is 1. The summed E-state index contributed by atoms with van der Waals surface area (Å²) < 4.78 is 0.978. The fraction of sp³-hybridized carbons (Fsp3) is 0.111. The zero-order valence-electron chi connectivity index (χ0n) is 7.42. The molecule has 15 heavy (non-hydrogen) atoms. The summed E-state index contributed by atoms with van der Waals surface area (Å²) in [6.45, 7) is 0. The van der Waals surface area contributed by atoms with Gasteiger partial charge in [-0.1, -0.05) is 22.0 Å². The fourth-order valence-electron chi connectivity index (χ4n) is 1.29. The highest BCUT2D eigenvalue weighted by Crippen LogP contribution is 2.24. The average molecular weight is 381 g/mol. The van der Waals surface area contributed by atoms with E-state index < -0.39 is 5.97 Å². The zero-order valence-corrected chi connectivity index (χ0v) is 11.2. The van der Waals surface area contributed by atoms with Crippen molar-refractivity contribution in [2.24, 2.45) is 0 Å². The number of nitrogens with zero attached hydrogens (tertiary/aromatic N) is 1. The number of nitrogens with one attached hydrogen (secondary N) is 1. The molecule has 6 heteroatoms. The number of rotatable bonds is 2. The number of H-pyrrole nitrogens is 1. The van der Waals surface area contributed by atoms with E-state index in [1.165, 1.54) is 0 Å². The lowest BCUT2D eigenvalue weighted by Crippen LogP contribution is -1.97. The highest BCUT2D eigenvalue weighted by Gasteiger charge is 2.12. The van der Waals surface area contributed by atoms with Crippen LogP contribution in [-0.4, -0.2) is 21.0 Å².